The standard InChI is InChI=1S/C15H21FN6S/c1-17-15(19-9-14-20-11-21-22(14)2)18-7-8-23-10-12-5-3-4-6-13(12)16/h3-6,11H,7-10H2,1-2H3,(H2,17,18,19). The SMILES string of the molecule is CN=C(NCCSCc1ccccc1F)NCc1ncnn1C. The van der Waals surface area contributed by atoms with E-state index in [1.165, 1.54) is 12.4 Å². The van der Waals surface area contributed by atoms with Crippen LogP contribution in [-0.2, 0) is 19.3 Å². The van der Waals surface area contributed by atoms with Gasteiger partial charge in [0.2, 0.25) is 0 Å². The number of aryl methyl sites for hydroxylation is 1. The van der Waals surface area contributed by atoms with Crippen LogP contribution in [0.15, 0.2) is 35.6 Å². The van der Waals surface area contributed by atoms with Gasteiger partial charge in [-0.3, -0.25) is 9.67 Å². The molecule has 0 saturated carbocycles. The highest BCUT2D eigenvalue weighted by Gasteiger charge is 2.03. The first-order valence-electron chi connectivity index (χ1n) is 7.29. The van der Waals surface area contributed by atoms with Gasteiger partial charge in [-0.05, 0) is 11.6 Å². The van der Waals surface area contributed by atoms with Gasteiger partial charge in [0.05, 0.1) is 6.54 Å². The quantitative estimate of drug-likeness (QED) is 0.456. The number of benzene rings is 1. The molecule has 0 bridgehead atoms. The van der Waals surface area contributed by atoms with Crippen LogP contribution < -0.4 is 10.6 Å². The van der Waals surface area contributed by atoms with Crippen LogP contribution in [-0.4, -0.2) is 40.1 Å². The van der Waals surface area contributed by atoms with E-state index in [4.69, 9.17) is 0 Å². The summed E-state index contributed by atoms with van der Waals surface area (Å²) in [5.41, 5.74) is 0.738. The summed E-state index contributed by atoms with van der Waals surface area (Å²) in [5, 5.41) is 10.4. The molecule has 0 spiro atoms. The van der Waals surface area contributed by atoms with E-state index >= 15 is 0 Å². The Kier molecular flexibility index (Phi) is 6.86. The van der Waals surface area contributed by atoms with Crippen LogP contribution in [0, 0.1) is 5.82 Å². The minimum atomic E-state index is -0.144. The first kappa shape index (κ1) is 17.3. The van der Waals surface area contributed by atoms with Crippen molar-refractivity contribution in [3.05, 3.63) is 47.8 Å². The first-order valence-corrected chi connectivity index (χ1v) is 8.44. The summed E-state index contributed by atoms with van der Waals surface area (Å²) in [4.78, 5) is 8.30. The molecule has 23 heavy (non-hydrogen) atoms. The molecule has 0 radical (unpaired) electrons. The molecule has 1 aromatic carbocycles. The molecule has 8 heteroatoms. The highest BCUT2D eigenvalue weighted by Crippen LogP contribution is 2.14. The van der Waals surface area contributed by atoms with E-state index in [-0.39, 0.29) is 5.82 Å². The van der Waals surface area contributed by atoms with Gasteiger partial charge in [-0.25, -0.2) is 9.37 Å². The summed E-state index contributed by atoms with van der Waals surface area (Å²) in [5.74, 6) is 2.92. The Hall–Kier alpha value is -2.09. The molecule has 2 N–H and O–H groups in total. The van der Waals surface area contributed by atoms with Crippen LogP contribution in [0.5, 0.6) is 0 Å². The van der Waals surface area contributed by atoms with Gasteiger partial charge in [0.1, 0.15) is 18.0 Å². The number of nitrogens with one attached hydrogen (secondary N) is 2. The third-order valence-corrected chi connectivity index (χ3v) is 4.20. The molecule has 2 aromatic rings. The van der Waals surface area contributed by atoms with Crippen molar-refractivity contribution < 1.29 is 4.39 Å². The van der Waals surface area contributed by atoms with Crippen molar-refractivity contribution in [2.24, 2.45) is 12.0 Å². The van der Waals surface area contributed by atoms with Crippen LogP contribution >= 0.6 is 11.8 Å². The minimum absolute atomic E-state index is 0.144. The highest BCUT2D eigenvalue weighted by molar-refractivity contribution is 7.98. The van der Waals surface area contributed by atoms with Crippen LogP contribution in [0.25, 0.3) is 0 Å². The molecule has 1 heterocycles. The second kappa shape index (κ2) is 9.14. The van der Waals surface area contributed by atoms with Crippen molar-refractivity contribution in [2.45, 2.75) is 12.3 Å². The van der Waals surface area contributed by atoms with Gasteiger partial charge in [-0.15, -0.1) is 0 Å². The van der Waals surface area contributed by atoms with Gasteiger partial charge in [0.25, 0.3) is 0 Å². The van der Waals surface area contributed by atoms with E-state index in [9.17, 15) is 4.39 Å². The normalized spacial score (nSPS) is 11.5. The number of guanidine groups is 1. The molecule has 1 aromatic heterocycles. The topological polar surface area (TPSA) is 67.1 Å². The predicted octanol–water partition coefficient (Wildman–Crippen LogP) is 1.55. The maximum absolute atomic E-state index is 13.5. The fraction of sp³-hybridized carbons (Fsp3) is 0.400. The second-order valence-electron chi connectivity index (χ2n) is 4.80. The summed E-state index contributed by atoms with van der Waals surface area (Å²) >= 11 is 1.68. The van der Waals surface area contributed by atoms with Crippen LogP contribution in [0.3, 0.4) is 0 Å². The van der Waals surface area contributed by atoms with E-state index in [1.54, 1.807) is 29.6 Å². The number of aromatic nitrogens is 3. The lowest BCUT2D eigenvalue weighted by atomic mass is 10.2. The predicted molar refractivity (Wildman–Crippen MR) is 91.8 cm³/mol. The Morgan fingerprint density at radius 3 is 2.87 bits per heavy atom. The minimum Gasteiger partial charge on any atom is -0.356 e. The zero-order chi connectivity index (χ0) is 16.5. The number of thioether (sulfide) groups is 1. The number of hydrogen-bond acceptors (Lipinski definition) is 4. The molecule has 0 unspecified atom stereocenters. The van der Waals surface area contributed by atoms with Gasteiger partial charge < -0.3 is 10.6 Å². The summed E-state index contributed by atoms with van der Waals surface area (Å²) < 4.78 is 15.2. The average molecular weight is 336 g/mol. The van der Waals surface area contributed by atoms with E-state index in [0.717, 1.165) is 23.7 Å². The monoisotopic (exact) mass is 336 g/mol. The summed E-state index contributed by atoms with van der Waals surface area (Å²) in [6.07, 6.45) is 1.52. The molecule has 0 aliphatic rings. The fourth-order valence-electron chi connectivity index (χ4n) is 1.90. The smallest absolute Gasteiger partial charge is 0.191 e. The van der Waals surface area contributed by atoms with E-state index in [1.807, 2.05) is 19.2 Å². The number of nitrogens with zero attached hydrogens (tertiary/aromatic N) is 4. The lowest BCUT2D eigenvalue weighted by molar-refractivity contribution is 0.617. The van der Waals surface area contributed by atoms with Gasteiger partial charge in [-0.1, -0.05) is 18.2 Å². The second-order valence-corrected chi connectivity index (χ2v) is 5.90. The molecule has 0 saturated heterocycles. The zero-order valence-corrected chi connectivity index (χ0v) is 14.1. The summed E-state index contributed by atoms with van der Waals surface area (Å²) in [6, 6.07) is 6.87. The van der Waals surface area contributed by atoms with Gasteiger partial charge >= 0.3 is 0 Å². The Morgan fingerprint density at radius 1 is 1.35 bits per heavy atom. The Bertz CT molecular complexity index is 642. The van der Waals surface area contributed by atoms with Crippen LogP contribution in [0.2, 0.25) is 0 Å². The molecule has 0 fully saturated rings. The third-order valence-electron chi connectivity index (χ3n) is 3.20. The van der Waals surface area contributed by atoms with Crippen LogP contribution in [0.4, 0.5) is 4.39 Å². The summed E-state index contributed by atoms with van der Waals surface area (Å²) in [6.45, 7) is 1.30. The molecular formula is C15H21FN6S. The molecule has 0 amide bonds. The Labute approximate surface area is 139 Å². The van der Waals surface area contributed by atoms with Crippen LogP contribution in [0.1, 0.15) is 11.4 Å². The Morgan fingerprint density at radius 2 is 2.17 bits per heavy atom. The lowest BCUT2D eigenvalue weighted by Crippen LogP contribution is -2.38. The van der Waals surface area contributed by atoms with Gasteiger partial charge in [0, 0.05) is 32.1 Å². The maximum atomic E-state index is 13.5. The third kappa shape index (κ3) is 5.55. The van der Waals surface area contributed by atoms with E-state index < -0.39 is 0 Å². The number of aliphatic imine (C=N–C) groups is 1. The zero-order valence-electron chi connectivity index (χ0n) is 13.3. The van der Waals surface area contributed by atoms with Crippen molar-refractivity contribution in [2.75, 3.05) is 19.3 Å². The lowest BCUT2D eigenvalue weighted by Gasteiger charge is -2.11. The molecule has 0 atom stereocenters. The molecular weight excluding hydrogens is 315 g/mol. The van der Waals surface area contributed by atoms with E-state index in [0.29, 0.717) is 18.3 Å². The number of rotatable bonds is 7. The van der Waals surface area contributed by atoms with Gasteiger partial charge in [-0.2, -0.15) is 16.9 Å². The van der Waals surface area contributed by atoms with Crippen molar-refractivity contribution in [1.82, 2.24) is 25.4 Å². The largest absolute Gasteiger partial charge is 0.356 e. The van der Waals surface area contributed by atoms with Crippen molar-refractivity contribution in [1.29, 1.82) is 0 Å². The fourth-order valence-corrected chi connectivity index (χ4v) is 2.75. The summed E-state index contributed by atoms with van der Waals surface area (Å²) in [7, 11) is 3.57. The number of hydrogen-bond donors (Lipinski definition) is 2. The molecule has 124 valence electrons. The maximum Gasteiger partial charge on any atom is 0.191 e. The van der Waals surface area contributed by atoms with Crippen molar-refractivity contribution in [3.63, 3.8) is 0 Å². The molecule has 2 rings (SSSR count). The Balaban J connectivity index is 1.64. The molecule has 6 nitrogen and oxygen atoms in total. The van der Waals surface area contributed by atoms with Crippen molar-refractivity contribution >= 4 is 17.7 Å². The molecule has 0 aliphatic carbocycles. The van der Waals surface area contributed by atoms with E-state index in [2.05, 4.69) is 25.7 Å². The average Bonchev–Trinajstić information content (AvgIpc) is 2.97. The van der Waals surface area contributed by atoms with Crippen molar-refractivity contribution in [3.8, 4) is 0 Å². The highest BCUT2D eigenvalue weighted by atomic mass is 32.2. The van der Waals surface area contributed by atoms with Gasteiger partial charge in [0.15, 0.2) is 5.96 Å². The number of halogens is 1. The first-order chi connectivity index (χ1) is 11.2. The molecule has 0 aliphatic heterocycles.